The van der Waals surface area contributed by atoms with Crippen molar-refractivity contribution >= 4 is 5.91 Å². The monoisotopic (exact) mass is 268 g/mol. The first-order valence-corrected chi connectivity index (χ1v) is 6.72. The van der Waals surface area contributed by atoms with E-state index in [-0.39, 0.29) is 5.91 Å². The summed E-state index contributed by atoms with van der Waals surface area (Å²) in [5, 5.41) is 8.64. The number of likely N-dealkylation sites (N-methyl/N-ethyl adjacent to an activating group) is 1. The maximum absolute atomic E-state index is 12.2. The fourth-order valence-electron chi connectivity index (χ4n) is 2.05. The van der Waals surface area contributed by atoms with E-state index >= 15 is 0 Å². The topological polar surface area (TPSA) is 59.8 Å². The van der Waals surface area contributed by atoms with Gasteiger partial charge in [0.1, 0.15) is 0 Å². The maximum Gasteiger partial charge on any atom is 0.236 e. The average molecular weight is 268 g/mol. The summed E-state index contributed by atoms with van der Waals surface area (Å²) in [5.41, 5.74) is 0. The van der Waals surface area contributed by atoms with Crippen LogP contribution in [0.1, 0.15) is 6.42 Å². The summed E-state index contributed by atoms with van der Waals surface area (Å²) in [4.78, 5) is 18.3. The first-order chi connectivity index (χ1) is 9.17. The minimum atomic E-state index is 0.155. The largest absolute Gasteiger partial charge is 0.383 e. The van der Waals surface area contributed by atoms with Gasteiger partial charge in [-0.25, -0.2) is 0 Å². The lowest BCUT2D eigenvalue weighted by Crippen LogP contribution is -2.50. The molecule has 0 atom stereocenters. The van der Waals surface area contributed by atoms with Gasteiger partial charge in [0.2, 0.25) is 5.91 Å². The second-order valence-corrected chi connectivity index (χ2v) is 4.86. The molecule has 0 radical (unpaired) electrons. The lowest BCUT2D eigenvalue weighted by atomic mass is 10.3. The normalized spacial score (nSPS) is 16.6. The second-order valence-electron chi connectivity index (χ2n) is 4.86. The summed E-state index contributed by atoms with van der Waals surface area (Å²) in [7, 11) is 3.71. The minimum absolute atomic E-state index is 0.155. The van der Waals surface area contributed by atoms with E-state index in [0.717, 1.165) is 26.2 Å². The molecule has 1 aliphatic heterocycles. The average Bonchev–Trinajstić information content (AvgIpc) is 2.42. The lowest BCUT2D eigenvalue weighted by Gasteiger charge is -2.33. The Morgan fingerprint density at radius 2 is 2.00 bits per heavy atom. The minimum Gasteiger partial charge on any atom is -0.383 e. The third-order valence-corrected chi connectivity index (χ3v) is 3.37. The third kappa shape index (κ3) is 6.01. The van der Waals surface area contributed by atoms with Crippen LogP contribution < -0.4 is 0 Å². The van der Waals surface area contributed by atoms with Crippen LogP contribution in [0, 0.1) is 11.3 Å². The van der Waals surface area contributed by atoms with E-state index in [4.69, 9.17) is 10.00 Å². The number of ether oxygens (including phenoxy) is 1. The smallest absolute Gasteiger partial charge is 0.236 e. The van der Waals surface area contributed by atoms with Gasteiger partial charge < -0.3 is 14.5 Å². The summed E-state index contributed by atoms with van der Waals surface area (Å²) >= 11 is 0. The van der Waals surface area contributed by atoms with Crippen molar-refractivity contribution < 1.29 is 9.53 Å². The van der Waals surface area contributed by atoms with E-state index in [1.807, 2.05) is 9.80 Å². The molecule has 0 N–H and O–H groups in total. The van der Waals surface area contributed by atoms with Gasteiger partial charge in [-0.15, -0.1) is 0 Å². The van der Waals surface area contributed by atoms with Gasteiger partial charge in [0.05, 0.1) is 19.2 Å². The molecular weight excluding hydrogens is 244 g/mol. The number of hydrogen-bond donors (Lipinski definition) is 0. The van der Waals surface area contributed by atoms with Crippen LogP contribution in [-0.4, -0.2) is 87.2 Å². The van der Waals surface area contributed by atoms with Crippen molar-refractivity contribution in [3.05, 3.63) is 0 Å². The van der Waals surface area contributed by atoms with Crippen LogP contribution in [0.5, 0.6) is 0 Å². The Morgan fingerprint density at radius 1 is 1.32 bits per heavy atom. The molecule has 0 aromatic carbocycles. The highest BCUT2D eigenvalue weighted by Gasteiger charge is 2.20. The molecule has 0 bridgehead atoms. The molecule has 108 valence electrons. The number of hydrogen-bond acceptors (Lipinski definition) is 5. The third-order valence-electron chi connectivity index (χ3n) is 3.37. The first-order valence-electron chi connectivity index (χ1n) is 6.72. The fourth-order valence-corrected chi connectivity index (χ4v) is 2.05. The Morgan fingerprint density at radius 3 is 2.58 bits per heavy atom. The molecular formula is C13H24N4O2. The summed E-state index contributed by atoms with van der Waals surface area (Å²) in [6.45, 7) is 5.74. The lowest BCUT2D eigenvalue weighted by molar-refractivity contribution is -0.134. The quantitative estimate of drug-likeness (QED) is 0.630. The van der Waals surface area contributed by atoms with Gasteiger partial charge in [-0.3, -0.25) is 9.69 Å². The zero-order valence-corrected chi connectivity index (χ0v) is 12.0. The molecule has 6 heteroatoms. The van der Waals surface area contributed by atoms with Gasteiger partial charge in [-0.1, -0.05) is 0 Å². The predicted octanol–water partition coefficient (Wildman–Crippen LogP) is -0.378. The Hall–Kier alpha value is -1.16. The number of nitriles is 1. The van der Waals surface area contributed by atoms with Crippen LogP contribution in [0.4, 0.5) is 0 Å². The van der Waals surface area contributed by atoms with Crippen LogP contribution in [0.2, 0.25) is 0 Å². The van der Waals surface area contributed by atoms with Gasteiger partial charge >= 0.3 is 0 Å². The second kappa shape index (κ2) is 8.86. The summed E-state index contributed by atoms with van der Waals surface area (Å²) < 4.78 is 5.04. The molecule has 19 heavy (non-hydrogen) atoms. The van der Waals surface area contributed by atoms with Crippen molar-refractivity contribution in [3.63, 3.8) is 0 Å². The molecule has 1 rings (SSSR count). The fraction of sp³-hybridized carbons (Fsp3) is 0.846. The molecule has 1 saturated heterocycles. The predicted molar refractivity (Wildman–Crippen MR) is 72.6 cm³/mol. The van der Waals surface area contributed by atoms with Gasteiger partial charge in [0, 0.05) is 52.8 Å². The number of piperazine rings is 1. The molecule has 1 heterocycles. The van der Waals surface area contributed by atoms with E-state index in [1.54, 1.807) is 7.11 Å². The number of carbonyl (C=O) groups is 1. The molecule has 1 amide bonds. The molecule has 0 aliphatic carbocycles. The van der Waals surface area contributed by atoms with E-state index in [0.29, 0.717) is 32.7 Å². The standard InChI is InChI=1S/C13H24N4O2/c1-15-6-8-17(9-7-15)13(18)12-16(5-3-4-14)10-11-19-2/h3,5-12H2,1-2H3. The number of nitrogens with zero attached hydrogens (tertiary/aromatic N) is 4. The zero-order chi connectivity index (χ0) is 14.1. The SMILES string of the molecule is COCCN(CCC#N)CC(=O)N1CCN(C)CC1. The highest BCUT2D eigenvalue weighted by molar-refractivity contribution is 5.78. The van der Waals surface area contributed by atoms with Crippen molar-refractivity contribution in [2.75, 3.05) is 66.6 Å². The van der Waals surface area contributed by atoms with E-state index < -0.39 is 0 Å². The van der Waals surface area contributed by atoms with Crippen LogP contribution >= 0.6 is 0 Å². The highest BCUT2D eigenvalue weighted by Crippen LogP contribution is 2.02. The van der Waals surface area contributed by atoms with Gasteiger partial charge in [-0.05, 0) is 7.05 Å². The number of carbonyl (C=O) groups excluding carboxylic acids is 1. The molecule has 0 aromatic heterocycles. The highest BCUT2D eigenvalue weighted by atomic mass is 16.5. The van der Waals surface area contributed by atoms with Crippen molar-refractivity contribution in [1.82, 2.24) is 14.7 Å². The number of methoxy groups -OCH3 is 1. The van der Waals surface area contributed by atoms with Crippen LogP contribution in [0.3, 0.4) is 0 Å². The van der Waals surface area contributed by atoms with Crippen molar-refractivity contribution in [1.29, 1.82) is 5.26 Å². The Labute approximate surface area is 115 Å². The van der Waals surface area contributed by atoms with E-state index in [2.05, 4.69) is 18.0 Å². The summed E-state index contributed by atoms with van der Waals surface area (Å²) in [6, 6.07) is 2.12. The van der Waals surface area contributed by atoms with Crippen molar-refractivity contribution in [2.24, 2.45) is 0 Å². The molecule has 6 nitrogen and oxygen atoms in total. The maximum atomic E-state index is 12.2. The Balaban J connectivity index is 2.38. The molecule has 0 aromatic rings. The molecule has 1 fully saturated rings. The first kappa shape index (κ1) is 15.9. The molecule has 0 unspecified atom stereocenters. The van der Waals surface area contributed by atoms with Crippen molar-refractivity contribution in [3.8, 4) is 6.07 Å². The van der Waals surface area contributed by atoms with Gasteiger partial charge in [0.25, 0.3) is 0 Å². The van der Waals surface area contributed by atoms with E-state index in [1.165, 1.54) is 0 Å². The number of amides is 1. The van der Waals surface area contributed by atoms with Crippen LogP contribution in [-0.2, 0) is 9.53 Å². The van der Waals surface area contributed by atoms with Crippen LogP contribution in [0.15, 0.2) is 0 Å². The van der Waals surface area contributed by atoms with Gasteiger partial charge in [-0.2, -0.15) is 5.26 Å². The molecule has 0 saturated carbocycles. The zero-order valence-electron chi connectivity index (χ0n) is 12.0. The van der Waals surface area contributed by atoms with Crippen LogP contribution in [0.25, 0.3) is 0 Å². The molecule has 0 spiro atoms. The molecule has 1 aliphatic rings. The number of rotatable bonds is 7. The van der Waals surface area contributed by atoms with E-state index in [9.17, 15) is 4.79 Å². The van der Waals surface area contributed by atoms with Gasteiger partial charge in [0.15, 0.2) is 0 Å². The summed E-state index contributed by atoms with van der Waals surface area (Å²) in [5.74, 6) is 0.155. The Bertz CT molecular complexity index is 308. The Kier molecular flexibility index (Phi) is 7.41. The summed E-state index contributed by atoms with van der Waals surface area (Å²) in [6.07, 6.45) is 0.444. The van der Waals surface area contributed by atoms with Crippen molar-refractivity contribution in [2.45, 2.75) is 6.42 Å².